The summed E-state index contributed by atoms with van der Waals surface area (Å²) in [6.45, 7) is 5.33. The number of nitrogen functional groups attached to an aromatic ring is 1. The summed E-state index contributed by atoms with van der Waals surface area (Å²) in [4.78, 5) is 26.3. The first-order chi connectivity index (χ1) is 13.5. The Kier molecular flexibility index (Phi) is 5.87. The first-order valence-electron chi connectivity index (χ1n) is 9.27. The van der Waals surface area contributed by atoms with Gasteiger partial charge in [0.2, 0.25) is 0 Å². The lowest BCUT2D eigenvalue weighted by atomic mass is 10.1. The molecule has 0 fully saturated rings. The van der Waals surface area contributed by atoms with Gasteiger partial charge in [-0.1, -0.05) is 30.3 Å². The highest BCUT2D eigenvalue weighted by Crippen LogP contribution is 2.37. The van der Waals surface area contributed by atoms with Crippen molar-refractivity contribution in [3.63, 3.8) is 0 Å². The van der Waals surface area contributed by atoms with Crippen LogP contribution in [0, 0.1) is 0 Å². The number of ketones is 1. The fraction of sp³-hybridized carbons (Fsp3) is 0.350. The fourth-order valence-electron chi connectivity index (χ4n) is 3.48. The van der Waals surface area contributed by atoms with E-state index in [4.69, 9.17) is 22.3 Å². The van der Waals surface area contributed by atoms with Crippen LogP contribution in [0.25, 0.3) is 10.2 Å². The molecule has 0 spiro atoms. The molecule has 1 aliphatic rings. The Hall–Kier alpha value is -1.67. The molecule has 2 N–H and O–H groups in total. The molecular formula is C20H21ClN4OS2. The lowest BCUT2D eigenvalue weighted by Gasteiger charge is -2.26. The lowest BCUT2D eigenvalue weighted by Crippen LogP contribution is -2.30. The van der Waals surface area contributed by atoms with E-state index in [0.29, 0.717) is 21.6 Å². The summed E-state index contributed by atoms with van der Waals surface area (Å²) in [5.74, 6) is 0.805. The van der Waals surface area contributed by atoms with Crippen molar-refractivity contribution in [3.05, 3.63) is 45.3 Å². The number of carbonyl (C=O) groups is 1. The number of nitrogens with two attached hydrogens (primary N) is 1. The van der Waals surface area contributed by atoms with Crippen molar-refractivity contribution in [1.82, 2.24) is 14.9 Å². The van der Waals surface area contributed by atoms with Gasteiger partial charge in [0.15, 0.2) is 10.9 Å². The number of Topliss-reactive ketones (excluding diaryl/α,β-unsaturated/α-hetero) is 1. The summed E-state index contributed by atoms with van der Waals surface area (Å²) in [6.07, 6.45) is 2.15. The van der Waals surface area contributed by atoms with Crippen LogP contribution in [0.15, 0.2) is 29.4 Å². The molecule has 4 rings (SSSR count). The Labute approximate surface area is 177 Å². The summed E-state index contributed by atoms with van der Waals surface area (Å²) in [5.41, 5.74) is 8.22. The number of carbonyl (C=O) groups excluding carboxylic acids is 1. The molecule has 1 aromatic carbocycles. The molecule has 3 aromatic rings. The molecule has 146 valence electrons. The van der Waals surface area contributed by atoms with Gasteiger partial charge >= 0.3 is 0 Å². The van der Waals surface area contributed by atoms with Crippen molar-refractivity contribution in [3.8, 4) is 0 Å². The third kappa shape index (κ3) is 4.03. The molecule has 0 unspecified atom stereocenters. The standard InChI is InChI=1S/C20H21ClN4OS2/c1-2-8-25-9-7-14-16(10-25)28-19-17(14)18(22)23-20(24-19)27-11-15(26)12-3-5-13(21)6-4-12/h3-6H,2,7-11H2,1H3,(H2,22,23,24). The Morgan fingerprint density at radius 3 is 2.86 bits per heavy atom. The van der Waals surface area contributed by atoms with E-state index in [0.717, 1.165) is 42.7 Å². The number of hydrogen-bond donors (Lipinski definition) is 1. The van der Waals surface area contributed by atoms with Crippen molar-refractivity contribution >= 4 is 56.5 Å². The highest BCUT2D eigenvalue weighted by Gasteiger charge is 2.23. The minimum Gasteiger partial charge on any atom is -0.383 e. The number of nitrogens with zero attached hydrogens (tertiary/aromatic N) is 3. The molecule has 0 saturated heterocycles. The average molecular weight is 433 g/mol. The number of hydrogen-bond acceptors (Lipinski definition) is 7. The molecule has 0 aliphatic carbocycles. The second-order valence-electron chi connectivity index (χ2n) is 6.82. The molecule has 28 heavy (non-hydrogen) atoms. The van der Waals surface area contributed by atoms with E-state index in [1.807, 2.05) is 0 Å². The average Bonchev–Trinajstić information content (AvgIpc) is 3.05. The topological polar surface area (TPSA) is 72.1 Å². The van der Waals surface area contributed by atoms with E-state index in [-0.39, 0.29) is 11.5 Å². The molecule has 0 saturated carbocycles. The Bertz CT molecular complexity index is 1020. The zero-order chi connectivity index (χ0) is 19.7. The van der Waals surface area contributed by atoms with Crippen molar-refractivity contribution in [1.29, 1.82) is 0 Å². The van der Waals surface area contributed by atoms with Crippen molar-refractivity contribution in [2.75, 3.05) is 24.6 Å². The van der Waals surface area contributed by atoms with Crippen LogP contribution in [-0.2, 0) is 13.0 Å². The van der Waals surface area contributed by atoms with Gasteiger partial charge in [-0.15, -0.1) is 11.3 Å². The van der Waals surface area contributed by atoms with Gasteiger partial charge in [0.1, 0.15) is 10.6 Å². The van der Waals surface area contributed by atoms with Crippen LogP contribution < -0.4 is 5.73 Å². The number of thiophene rings is 1. The Morgan fingerprint density at radius 1 is 1.32 bits per heavy atom. The third-order valence-corrected chi connectivity index (χ3v) is 7.04. The van der Waals surface area contributed by atoms with E-state index in [2.05, 4.69) is 16.8 Å². The highest BCUT2D eigenvalue weighted by molar-refractivity contribution is 7.99. The van der Waals surface area contributed by atoms with Gasteiger partial charge in [-0.05, 0) is 49.2 Å². The van der Waals surface area contributed by atoms with Gasteiger partial charge in [-0.25, -0.2) is 9.97 Å². The van der Waals surface area contributed by atoms with Crippen molar-refractivity contribution in [2.24, 2.45) is 0 Å². The largest absolute Gasteiger partial charge is 0.383 e. The zero-order valence-electron chi connectivity index (χ0n) is 15.6. The summed E-state index contributed by atoms with van der Waals surface area (Å²) >= 11 is 8.91. The van der Waals surface area contributed by atoms with Crippen LogP contribution in [0.2, 0.25) is 5.02 Å². The van der Waals surface area contributed by atoms with E-state index < -0.39 is 0 Å². The van der Waals surface area contributed by atoms with Gasteiger partial charge in [0.25, 0.3) is 0 Å². The van der Waals surface area contributed by atoms with Gasteiger partial charge in [-0.3, -0.25) is 9.69 Å². The second-order valence-corrected chi connectivity index (χ2v) is 9.28. The van der Waals surface area contributed by atoms with E-state index >= 15 is 0 Å². The minimum atomic E-state index is 0.0182. The van der Waals surface area contributed by atoms with Gasteiger partial charge in [0.05, 0.1) is 11.1 Å². The molecular weight excluding hydrogens is 412 g/mol. The second kappa shape index (κ2) is 8.37. The number of aromatic nitrogens is 2. The molecule has 1 aliphatic heterocycles. The number of halogens is 1. The van der Waals surface area contributed by atoms with Crippen LogP contribution in [0.3, 0.4) is 0 Å². The molecule has 0 bridgehead atoms. The molecule has 0 radical (unpaired) electrons. The number of thioether (sulfide) groups is 1. The van der Waals surface area contributed by atoms with Gasteiger partial charge in [-0.2, -0.15) is 0 Å². The summed E-state index contributed by atoms with van der Waals surface area (Å²) in [6, 6.07) is 6.91. The summed E-state index contributed by atoms with van der Waals surface area (Å²) in [7, 11) is 0. The SMILES string of the molecule is CCCN1CCc2c(sc3nc(SCC(=O)c4ccc(Cl)cc4)nc(N)c23)C1. The van der Waals surface area contributed by atoms with Crippen molar-refractivity contribution in [2.45, 2.75) is 31.5 Å². The Morgan fingerprint density at radius 2 is 2.11 bits per heavy atom. The molecule has 2 aromatic heterocycles. The third-order valence-electron chi connectivity index (χ3n) is 4.83. The first kappa shape index (κ1) is 19.6. The van der Waals surface area contributed by atoms with E-state index in [1.165, 1.54) is 22.2 Å². The monoisotopic (exact) mass is 432 g/mol. The van der Waals surface area contributed by atoms with Crippen LogP contribution >= 0.6 is 34.7 Å². The molecule has 0 amide bonds. The fourth-order valence-corrected chi connectivity index (χ4v) is 5.68. The highest BCUT2D eigenvalue weighted by atomic mass is 35.5. The smallest absolute Gasteiger partial charge is 0.191 e. The summed E-state index contributed by atoms with van der Waals surface area (Å²) in [5, 5.41) is 2.17. The molecule has 5 nitrogen and oxygen atoms in total. The van der Waals surface area contributed by atoms with Crippen LogP contribution in [-0.4, -0.2) is 39.5 Å². The number of benzene rings is 1. The van der Waals surface area contributed by atoms with Crippen LogP contribution in [0.4, 0.5) is 5.82 Å². The normalized spacial score (nSPS) is 14.4. The van der Waals surface area contributed by atoms with E-state index in [1.54, 1.807) is 35.6 Å². The minimum absolute atomic E-state index is 0.0182. The van der Waals surface area contributed by atoms with Crippen LogP contribution in [0.5, 0.6) is 0 Å². The summed E-state index contributed by atoms with van der Waals surface area (Å²) < 4.78 is 0. The van der Waals surface area contributed by atoms with Gasteiger partial charge < -0.3 is 5.73 Å². The zero-order valence-corrected chi connectivity index (χ0v) is 18.0. The maximum Gasteiger partial charge on any atom is 0.191 e. The quantitative estimate of drug-likeness (QED) is 0.346. The molecule has 8 heteroatoms. The number of anilines is 1. The van der Waals surface area contributed by atoms with Crippen molar-refractivity contribution < 1.29 is 4.79 Å². The molecule has 0 atom stereocenters. The number of fused-ring (bicyclic) bond motifs is 3. The van der Waals surface area contributed by atoms with Crippen LogP contribution in [0.1, 0.15) is 34.1 Å². The molecule has 3 heterocycles. The van der Waals surface area contributed by atoms with Gasteiger partial charge in [0, 0.05) is 28.6 Å². The predicted molar refractivity (Wildman–Crippen MR) is 118 cm³/mol. The lowest BCUT2D eigenvalue weighted by molar-refractivity contribution is 0.102. The maximum absolute atomic E-state index is 12.4. The number of rotatable bonds is 6. The predicted octanol–water partition coefficient (Wildman–Crippen LogP) is 4.67. The van der Waals surface area contributed by atoms with E-state index in [9.17, 15) is 4.79 Å². The maximum atomic E-state index is 12.4. The first-order valence-corrected chi connectivity index (χ1v) is 11.4. The Balaban J connectivity index is 1.53.